The maximum absolute atomic E-state index is 10.7. The molecule has 0 aliphatic carbocycles. The Kier molecular flexibility index (Phi) is 3.92. The summed E-state index contributed by atoms with van der Waals surface area (Å²) < 4.78 is 5.14. The van der Waals surface area contributed by atoms with Crippen molar-refractivity contribution in [3.05, 3.63) is 58.4 Å². The van der Waals surface area contributed by atoms with E-state index in [0.29, 0.717) is 18.0 Å². The number of nitro benzene ring substituents is 1. The average Bonchev–Trinajstić information content (AvgIpc) is 2.45. The van der Waals surface area contributed by atoms with E-state index in [1.54, 1.807) is 18.5 Å². The Hall–Kier alpha value is -2.63. The number of rotatable bonds is 5. The Balaban J connectivity index is 2.14. The third kappa shape index (κ3) is 3.19. The van der Waals surface area contributed by atoms with Gasteiger partial charge in [0.15, 0.2) is 0 Å². The predicted molar refractivity (Wildman–Crippen MR) is 71.2 cm³/mol. The summed E-state index contributed by atoms with van der Waals surface area (Å²) in [6, 6.07) is 8.26. The fourth-order valence-electron chi connectivity index (χ4n) is 1.64. The summed E-state index contributed by atoms with van der Waals surface area (Å²) in [7, 11) is 1.48. The predicted octanol–water partition coefficient (Wildman–Crippen LogP) is 2.61. The van der Waals surface area contributed by atoms with Crippen LogP contribution in [0.5, 0.6) is 5.75 Å². The smallest absolute Gasteiger partial charge is 0.273 e. The number of non-ortho nitro benzene ring substituents is 1. The zero-order valence-electron chi connectivity index (χ0n) is 10.4. The van der Waals surface area contributed by atoms with Crippen LogP contribution in [0.2, 0.25) is 0 Å². The number of nitro groups is 1. The van der Waals surface area contributed by atoms with Gasteiger partial charge in [0.05, 0.1) is 23.8 Å². The van der Waals surface area contributed by atoms with Crippen LogP contribution < -0.4 is 10.1 Å². The van der Waals surface area contributed by atoms with E-state index in [1.807, 2.05) is 12.1 Å². The number of benzene rings is 1. The second-order valence-corrected chi connectivity index (χ2v) is 3.86. The molecule has 2 rings (SSSR count). The van der Waals surface area contributed by atoms with Gasteiger partial charge in [0.1, 0.15) is 5.75 Å². The Bertz CT molecular complexity index is 573. The highest BCUT2D eigenvalue weighted by Gasteiger charge is 2.10. The largest absolute Gasteiger partial charge is 0.494 e. The van der Waals surface area contributed by atoms with Gasteiger partial charge in [-0.3, -0.25) is 15.1 Å². The van der Waals surface area contributed by atoms with Crippen molar-refractivity contribution in [2.75, 3.05) is 12.4 Å². The minimum Gasteiger partial charge on any atom is -0.494 e. The number of hydrogen-bond donors (Lipinski definition) is 1. The van der Waals surface area contributed by atoms with Crippen molar-refractivity contribution in [1.29, 1.82) is 0 Å². The molecule has 0 saturated carbocycles. The van der Waals surface area contributed by atoms with E-state index in [1.165, 1.54) is 19.2 Å². The molecule has 0 radical (unpaired) electrons. The average molecular weight is 259 g/mol. The van der Waals surface area contributed by atoms with E-state index < -0.39 is 4.92 Å². The molecular weight excluding hydrogens is 246 g/mol. The van der Waals surface area contributed by atoms with Crippen molar-refractivity contribution in [3.8, 4) is 5.75 Å². The van der Waals surface area contributed by atoms with Crippen LogP contribution >= 0.6 is 0 Å². The summed E-state index contributed by atoms with van der Waals surface area (Å²) in [5, 5.41) is 13.8. The number of ether oxygens (including phenoxy) is 1. The van der Waals surface area contributed by atoms with E-state index >= 15 is 0 Å². The molecular formula is C13H13N3O3. The molecule has 1 aromatic heterocycles. The van der Waals surface area contributed by atoms with Gasteiger partial charge < -0.3 is 10.1 Å². The molecule has 1 N–H and O–H groups in total. The summed E-state index contributed by atoms with van der Waals surface area (Å²) in [5.74, 6) is 0.443. The lowest BCUT2D eigenvalue weighted by Crippen LogP contribution is -2.02. The Morgan fingerprint density at radius 1 is 1.42 bits per heavy atom. The highest BCUT2D eigenvalue weighted by atomic mass is 16.6. The van der Waals surface area contributed by atoms with Crippen molar-refractivity contribution in [2.24, 2.45) is 0 Å². The molecule has 0 atom stereocenters. The van der Waals surface area contributed by atoms with Crippen LogP contribution in [0, 0.1) is 10.1 Å². The number of aromatic nitrogens is 1. The van der Waals surface area contributed by atoms with E-state index in [0.717, 1.165) is 5.56 Å². The molecule has 0 fully saturated rings. The maximum atomic E-state index is 10.7. The molecule has 0 bridgehead atoms. The van der Waals surface area contributed by atoms with Gasteiger partial charge >= 0.3 is 0 Å². The van der Waals surface area contributed by atoms with Crippen LogP contribution in [0.15, 0.2) is 42.7 Å². The normalized spacial score (nSPS) is 9.95. The van der Waals surface area contributed by atoms with Crippen LogP contribution in [0.1, 0.15) is 5.56 Å². The highest BCUT2D eigenvalue weighted by Crippen LogP contribution is 2.29. The molecule has 98 valence electrons. The van der Waals surface area contributed by atoms with Crippen LogP contribution in [-0.4, -0.2) is 17.0 Å². The summed E-state index contributed by atoms with van der Waals surface area (Å²) in [5.41, 5.74) is 1.73. The molecule has 1 aromatic carbocycles. The molecule has 0 saturated heterocycles. The Morgan fingerprint density at radius 2 is 2.26 bits per heavy atom. The SMILES string of the molecule is COc1cc([N+](=O)[O-])ccc1NCc1cccnc1. The first-order valence-electron chi connectivity index (χ1n) is 5.66. The van der Waals surface area contributed by atoms with Gasteiger partial charge in [-0.2, -0.15) is 0 Å². The second-order valence-electron chi connectivity index (χ2n) is 3.86. The van der Waals surface area contributed by atoms with Crippen molar-refractivity contribution in [3.63, 3.8) is 0 Å². The lowest BCUT2D eigenvalue weighted by molar-refractivity contribution is -0.384. The minimum atomic E-state index is -0.451. The summed E-state index contributed by atoms with van der Waals surface area (Å²) >= 11 is 0. The van der Waals surface area contributed by atoms with E-state index in [4.69, 9.17) is 4.74 Å². The Morgan fingerprint density at radius 3 is 2.89 bits per heavy atom. The molecule has 0 unspecified atom stereocenters. The van der Waals surface area contributed by atoms with Gasteiger partial charge in [-0.25, -0.2) is 0 Å². The number of hydrogen-bond acceptors (Lipinski definition) is 5. The summed E-state index contributed by atoms with van der Waals surface area (Å²) in [6.07, 6.45) is 3.46. The molecule has 0 amide bonds. The topological polar surface area (TPSA) is 77.3 Å². The molecule has 0 aliphatic rings. The van der Waals surface area contributed by atoms with Gasteiger partial charge in [0.2, 0.25) is 0 Å². The first-order valence-corrected chi connectivity index (χ1v) is 5.66. The molecule has 2 aromatic rings. The van der Waals surface area contributed by atoms with Crippen molar-refractivity contribution >= 4 is 11.4 Å². The zero-order chi connectivity index (χ0) is 13.7. The lowest BCUT2D eigenvalue weighted by atomic mass is 10.2. The number of nitrogens with zero attached hydrogens (tertiary/aromatic N) is 2. The summed E-state index contributed by atoms with van der Waals surface area (Å²) in [6.45, 7) is 0.571. The van der Waals surface area contributed by atoms with Crippen molar-refractivity contribution in [2.45, 2.75) is 6.54 Å². The van der Waals surface area contributed by atoms with Crippen molar-refractivity contribution < 1.29 is 9.66 Å². The van der Waals surface area contributed by atoms with Crippen LogP contribution in [0.25, 0.3) is 0 Å². The third-order valence-corrected chi connectivity index (χ3v) is 2.60. The summed E-state index contributed by atoms with van der Waals surface area (Å²) in [4.78, 5) is 14.2. The fraction of sp³-hybridized carbons (Fsp3) is 0.154. The first-order chi connectivity index (χ1) is 9.20. The van der Waals surface area contributed by atoms with E-state index in [-0.39, 0.29) is 5.69 Å². The second kappa shape index (κ2) is 5.81. The van der Waals surface area contributed by atoms with Gasteiger partial charge in [0, 0.05) is 25.0 Å². The van der Waals surface area contributed by atoms with Gasteiger partial charge in [-0.05, 0) is 17.7 Å². The first kappa shape index (κ1) is 12.8. The third-order valence-electron chi connectivity index (χ3n) is 2.60. The minimum absolute atomic E-state index is 0.00350. The van der Waals surface area contributed by atoms with Crippen LogP contribution in [0.4, 0.5) is 11.4 Å². The zero-order valence-corrected chi connectivity index (χ0v) is 10.4. The van der Waals surface area contributed by atoms with Gasteiger partial charge in [0.25, 0.3) is 5.69 Å². The molecule has 0 aliphatic heterocycles. The number of nitrogens with one attached hydrogen (secondary N) is 1. The molecule has 6 nitrogen and oxygen atoms in total. The van der Waals surface area contributed by atoms with Gasteiger partial charge in [-0.1, -0.05) is 6.07 Å². The fourth-order valence-corrected chi connectivity index (χ4v) is 1.64. The Labute approximate surface area is 110 Å². The molecule has 1 heterocycles. The molecule has 19 heavy (non-hydrogen) atoms. The lowest BCUT2D eigenvalue weighted by Gasteiger charge is -2.10. The molecule has 0 spiro atoms. The molecule has 6 heteroatoms. The van der Waals surface area contributed by atoms with E-state index in [9.17, 15) is 10.1 Å². The number of anilines is 1. The van der Waals surface area contributed by atoms with Crippen molar-refractivity contribution in [1.82, 2.24) is 4.98 Å². The number of methoxy groups -OCH3 is 1. The van der Waals surface area contributed by atoms with E-state index in [2.05, 4.69) is 10.3 Å². The quantitative estimate of drug-likeness (QED) is 0.659. The maximum Gasteiger partial charge on any atom is 0.273 e. The number of pyridine rings is 1. The highest BCUT2D eigenvalue weighted by molar-refractivity contribution is 5.60. The van der Waals surface area contributed by atoms with Crippen LogP contribution in [0.3, 0.4) is 0 Å². The van der Waals surface area contributed by atoms with Gasteiger partial charge in [-0.15, -0.1) is 0 Å². The van der Waals surface area contributed by atoms with Crippen LogP contribution in [-0.2, 0) is 6.54 Å². The monoisotopic (exact) mass is 259 g/mol. The standard InChI is InChI=1S/C13H13N3O3/c1-19-13-7-11(16(17)18)4-5-12(13)15-9-10-3-2-6-14-8-10/h2-8,15H,9H2,1H3.